The van der Waals surface area contributed by atoms with E-state index in [9.17, 15) is 9.59 Å². The minimum atomic E-state index is -0.376. The monoisotopic (exact) mass is 245 g/mol. The Morgan fingerprint density at radius 1 is 1.28 bits per heavy atom. The molecular formula is C14H15NO3. The maximum atomic E-state index is 11.5. The van der Waals surface area contributed by atoms with Crippen LogP contribution in [-0.2, 0) is 9.53 Å². The number of carbonyl (C=O) groups excluding carboxylic acids is 2. The highest BCUT2D eigenvalue weighted by Crippen LogP contribution is 2.10. The molecule has 1 aromatic carbocycles. The third-order valence-corrected chi connectivity index (χ3v) is 2.05. The highest BCUT2D eigenvalue weighted by molar-refractivity contribution is 6.04. The van der Waals surface area contributed by atoms with E-state index in [0.29, 0.717) is 17.9 Å². The fourth-order valence-electron chi connectivity index (χ4n) is 1.24. The van der Waals surface area contributed by atoms with Gasteiger partial charge in [-0.2, -0.15) is 0 Å². The first-order valence-corrected chi connectivity index (χ1v) is 5.68. The molecule has 1 rings (SSSR count). The predicted octanol–water partition coefficient (Wildman–Crippen LogP) is 2.22. The van der Waals surface area contributed by atoms with Crippen LogP contribution in [0.3, 0.4) is 0 Å². The summed E-state index contributed by atoms with van der Waals surface area (Å²) in [5, 5.41) is 2.59. The fourth-order valence-corrected chi connectivity index (χ4v) is 1.24. The van der Waals surface area contributed by atoms with Crippen LogP contribution in [0.5, 0.6) is 0 Å². The number of esters is 1. The van der Waals surface area contributed by atoms with Crippen LogP contribution in [0.4, 0.5) is 5.69 Å². The lowest BCUT2D eigenvalue weighted by atomic mass is 10.2. The maximum Gasteiger partial charge on any atom is 0.338 e. The summed E-state index contributed by atoms with van der Waals surface area (Å²) in [5.41, 5.74) is 1.05. The largest absolute Gasteiger partial charge is 0.462 e. The van der Waals surface area contributed by atoms with E-state index in [1.54, 1.807) is 31.2 Å². The van der Waals surface area contributed by atoms with Crippen LogP contribution in [0.25, 0.3) is 0 Å². The zero-order valence-corrected chi connectivity index (χ0v) is 10.4. The van der Waals surface area contributed by atoms with Gasteiger partial charge in [-0.25, -0.2) is 4.79 Å². The van der Waals surface area contributed by atoms with E-state index in [0.717, 1.165) is 6.42 Å². The molecule has 1 amide bonds. The molecule has 1 aromatic rings. The molecule has 0 fully saturated rings. The Morgan fingerprint density at radius 3 is 2.50 bits per heavy atom. The van der Waals surface area contributed by atoms with Gasteiger partial charge < -0.3 is 10.1 Å². The van der Waals surface area contributed by atoms with Crippen LogP contribution in [0, 0.1) is 11.8 Å². The van der Waals surface area contributed by atoms with Crippen LogP contribution in [-0.4, -0.2) is 18.5 Å². The summed E-state index contributed by atoms with van der Waals surface area (Å²) >= 11 is 0. The number of anilines is 1. The molecule has 0 atom stereocenters. The fraction of sp³-hybridized carbons (Fsp3) is 0.286. The van der Waals surface area contributed by atoms with Gasteiger partial charge in [0.25, 0.3) is 5.91 Å². The van der Waals surface area contributed by atoms with E-state index >= 15 is 0 Å². The average molecular weight is 245 g/mol. The summed E-state index contributed by atoms with van der Waals surface area (Å²) in [5.74, 6) is 4.14. The van der Waals surface area contributed by atoms with Gasteiger partial charge in [0, 0.05) is 5.69 Å². The van der Waals surface area contributed by atoms with E-state index in [1.165, 1.54) is 0 Å². The van der Waals surface area contributed by atoms with Crippen molar-refractivity contribution in [1.82, 2.24) is 0 Å². The molecule has 18 heavy (non-hydrogen) atoms. The smallest absolute Gasteiger partial charge is 0.338 e. The van der Waals surface area contributed by atoms with Crippen molar-refractivity contribution in [3.8, 4) is 11.8 Å². The van der Waals surface area contributed by atoms with Crippen molar-refractivity contribution in [3.05, 3.63) is 29.8 Å². The Bertz CT molecular complexity index is 480. The van der Waals surface area contributed by atoms with Crippen LogP contribution in [0.15, 0.2) is 24.3 Å². The number of hydrogen-bond acceptors (Lipinski definition) is 3. The summed E-state index contributed by atoms with van der Waals surface area (Å²) < 4.78 is 4.99. The quantitative estimate of drug-likeness (QED) is 0.653. The molecule has 4 nitrogen and oxygen atoms in total. The lowest BCUT2D eigenvalue weighted by Crippen LogP contribution is -2.09. The minimum Gasteiger partial charge on any atom is -0.462 e. The van der Waals surface area contributed by atoms with Gasteiger partial charge in [0.1, 0.15) is 0 Å². The van der Waals surface area contributed by atoms with Crippen molar-refractivity contribution in [3.63, 3.8) is 0 Å². The van der Waals surface area contributed by atoms with Gasteiger partial charge >= 0.3 is 5.97 Å². The highest BCUT2D eigenvalue weighted by Gasteiger charge is 2.06. The molecule has 0 unspecified atom stereocenters. The molecule has 0 aliphatic rings. The molecule has 1 N–H and O–H groups in total. The van der Waals surface area contributed by atoms with Gasteiger partial charge in [0.05, 0.1) is 12.2 Å². The second-order valence-electron chi connectivity index (χ2n) is 3.54. The molecule has 0 saturated carbocycles. The molecule has 0 bridgehead atoms. The van der Waals surface area contributed by atoms with Gasteiger partial charge in [0.2, 0.25) is 0 Å². The van der Waals surface area contributed by atoms with Crippen LogP contribution in [0.2, 0.25) is 0 Å². The minimum absolute atomic E-state index is 0.358. The molecule has 0 saturated heterocycles. The summed E-state index contributed by atoms with van der Waals surface area (Å²) in [4.78, 5) is 22.7. The van der Waals surface area contributed by atoms with Gasteiger partial charge in [-0.15, -0.1) is 0 Å². The third-order valence-electron chi connectivity index (χ3n) is 2.05. The first kappa shape index (κ1) is 13.8. The second kappa shape index (κ2) is 7.13. The van der Waals surface area contributed by atoms with Gasteiger partial charge in [-0.05, 0) is 43.5 Å². The number of amides is 1. The summed E-state index contributed by atoms with van der Waals surface area (Å²) in [7, 11) is 0. The summed E-state index contributed by atoms with van der Waals surface area (Å²) in [6.07, 6.45) is 0.787. The maximum absolute atomic E-state index is 11.5. The summed E-state index contributed by atoms with van der Waals surface area (Å²) in [6, 6.07) is 6.48. The number of carbonyl (C=O) groups is 2. The van der Waals surface area contributed by atoms with Crippen molar-refractivity contribution >= 4 is 17.6 Å². The zero-order chi connectivity index (χ0) is 13.4. The molecule has 0 heterocycles. The van der Waals surface area contributed by atoms with Gasteiger partial charge in [-0.3, -0.25) is 4.79 Å². The Labute approximate surface area is 106 Å². The molecule has 0 aliphatic heterocycles. The second-order valence-corrected chi connectivity index (χ2v) is 3.54. The average Bonchev–Trinajstić information content (AvgIpc) is 2.37. The van der Waals surface area contributed by atoms with Gasteiger partial charge in [-0.1, -0.05) is 12.8 Å². The highest BCUT2D eigenvalue weighted by atomic mass is 16.5. The molecule has 0 aromatic heterocycles. The molecule has 0 spiro atoms. The Kier molecular flexibility index (Phi) is 5.46. The third kappa shape index (κ3) is 4.30. The number of ether oxygens (including phenoxy) is 1. The van der Waals surface area contributed by atoms with Crippen LogP contribution < -0.4 is 5.32 Å². The van der Waals surface area contributed by atoms with Gasteiger partial charge in [0.15, 0.2) is 0 Å². The number of nitrogens with one attached hydrogen (secondary N) is 1. The van der Waals surface area contributed by atoms with Crippen molar-refractivity contribution in [2.45, 2.75) is 20.3 Å². The van der Waals surface area contributed by atoms with E-state index in [1.807, 2.05) is 6.92 Å². The number of rotatable bonds is 4. The van der Waals surface area contributed by atoms with Crippen molar-refractivity contribution in [2.75, 3.05) is 11.9 Å². The number of hydrogen-bond donors (Lipinski definition) is 1. The van der Waals surface area contributed by atoms with E-state index in [2.05, 4.69) is 17.2 Å². The van der Waals surface area contributed by atoms with Crippen LogP contribution >= 0.6 is 0 Å². The molecular weight excluding hydrogens is 230 g/mol. The predicted molar refractivity (Wildman–Crippen MR) is 69.1 cm³/mol. The first-order chi connectivity index (χ1) is 8.67. The Balaban J connectivity index is 2.64. The molecule has 4 heteroatoms. The normalized spacial score (nSPS) is 9.00. The first-order valence-electron chi connectivity index (χ1n) is 5.68. The van der Waals surface area contributed by atoms with E-state index in [-0.39, 0.29) is 11.9 Å². The Hall–Kier alpha value is -2.28. The van der Waals surface area contributed by atoms with E-state index in [4.69, 9.17) is 4.74 Å². The topological polar surface area (TPSA) is 55.4 Å². The van der Waals surface area contributed by atoms with Crippen molar-refractivity contribution < 1.29 is 14.3 Å². The molecule has 0 aliphatic carbocycles. The van der Waals surface area contributed by atoms with Crippen molar-refractivity contribution in [2.24, 2.45) is 0 Å². The summed E-state index contributed by atoms with van der Waals surface area (Å²) in [6.45, 7) is 3.93. The SMILES string of the molecule is CC#CC(=O)Nc1ccc(C(=O)OCCC)cc1. The standard InChI is InChI=1S/C14H15NO3/c1-3-5-13(16)15-12-8-6-11(7-9-12)14(17)18-10-4-2/h6-9H,4,10H2,1-2H3,(H,15,16). The van der Waals surface area contributed by atoms with Crippen molar-refractivity contribution in [1.29, 1.82) is 0 Å². The molecule has 94 valence electrons. The Morgan fingerprint density at radius 2 is 1.94 bits per heavy atom. The van der Waals surface area contributed by atoms with E-state index < -0.39 is 0 Å². The molecule has 0 radical (unpaired) electrons. The lowest BCUT2D eigenvalue weighted by Gasteiger charge is -2.04. The zero-order valence-electron chi connectivity index (χ0n) is 10.4. The van der Waals surface area contributed by atoms with Crippen LogP contribution in [0.1, 0.15) is 30.6 Å². The number of benzene rings is 1. The lowest BCUT2D eigenvalue weighted by molar-refractivity contribution is -0.111.